The monoisotopic (exact) mass is 329 g/mol. The molecule has 2 rings (SSSR count). The van der Waals surface area contributed by atoms with Gasteiger partial charge in [0.2, 0.25) is 0 Å². The van der Waals surface area contributed by atoms with Crippen LogP contribution in [0.5, 0.6) is 0 Å². The second-order valence-corrected chi connectivity index (χ2v) is 5.41. The van der Waals surface area contributed by atoms with Crippen LogP contribution in [0.4, 0.5) is 10.2 Å². The molecule has 1 amide bonds. The summed E-state index contributed by atoms with van der Waals surface area (Å²) in [6.45, 7) is 0.366. The first-order chi connectivity index (χ1) is 8.56. The molecule has 0 aliphatic rings. The molecule has 0 unspecified atom stereocenters. The number of amides is 1. The highest BCUT2D eigenvalue weighted by atomic mass is 79.9. The minimum Gasteiger partial charge on any atom is -0.383 e. The minimum absolute atomic E-state index is 0.0151. The molecule has 2 heterocycles. The zero-order chi connectivity index (χ0) is 13.1. The van der Waals surface area contributed by atoms with Crippen molar-refractivity contribution in [2.24, 2.45) is 0 Å². The average Bonchev–Trinajstić information content (AvgIpc) is 2.75. The van der Waals surface area contributed by atoms with Crippen molar-refractivity contribution >= 4 is 39.0 Å². The predicted molar refractivity (Wildman–Crippen MR) is 71.8 cm³/mol. The fourth-order valence-corrected chi connectivity index (χ4v) is 2.73. The smallest absolute Gasteiger partial charge is 0.255 e. The lowest BCUT2D eigenvalue weighted by Gasteiger charge is -2.05. The van der Waals surface area contributed by atoms with Crippen molar-refractivity contribution in [3.05, 3.63) is 44.4 Å². The molecule has 94 valence electrons. The Morgan fingerprint density at radius 2 is 2.33 bits per heavy atom. The number of hydrogen-bond acceptors (Lipinski definition) is 4. The van der Waals surface area contributed by atoms with Crippen LogP contribution in [-0.2, 0) is 6.54 Å². The summed E-state index contributed by atoms with van der Waals surface area (Å²) >= 11 is 4.83. The molecule has 0 radical (unpaired) electrons. The van der Waals surface area contributed by atoms with E-state index in [-0.39, 0.29) is 11.4 Å². The normalized spacial score (nSPS) is 10.3. The van der Waals surface area contributed by atoms with Gasteiger partial charge >= 0.3 is 0 Å². The number of thiophene rings is 1. The number of halogens is 2. The number of carbonyl (C=O) groups is 1. The van der Waals surface area contributed by atoms with Crippen molar-refractivity contribution in [3.63, 3.8) is 0 Å². The largest absolute Gasteiger partial charge is 0.383 e. The van der Waals surface area contributed by atoms with Gasteiger partial charge in [0, 0.05) is 14.7 Å². The lowest BCUT2D eigenvalue weighted by Crippen LogP contribution is -2.24. The number of rotatable bonds is 3. The summed E-state index contributed by atoms with van der Waals surface area (Å²) in [6, 6.07) is 2.97. The number of nitrogens with two attached hydrogens (primary N) is 1. The first kappa shape index (κ1) is 13.0. The van der Waals surface area contributed by atoms with Gasteiger partial charge in [-0.15, -0.1) is 11.3 Å². The van der Waals surface area contributed by atoms with E-state index in [0.29, 0.717) is 6.54 Å². The number of pyridine rings is 1. The van der Waals surface area contributed by atoms with Gasteiger partial charge in [0.05, 0.1) is 18.3 Å². The zero-order valence-electron chi connectivity index (χ0n) is 9.11. The van der Waals surface area contributed by atoms with E-state index in [2.05, 4.69) is 26.2 Å². The van der Waals surface area contributed by atoms with E-state index in [1.54, 1.807) is 0 Å². The predicted octanol–water partition coefficient (Wildman–Crippen LogP) is 2.56. The molecule has 2 aromatic rings. The number of aromatic nitrogens is 1. The van der Waals surface area contributed by atoms with Crippen LogP contribution in [0, 0.1) is 5.82 Å². The zero-order valence-corrected chi connectivity index (χ0v) is 11.5. The molecule has 0 atom stereocenters. The van der Waals surface area contributed by atoms with Crippen molar-refractivity contribution in [1.29, 1.82) is 0 Å². The molecule has 7 heteroatoms. The van der Waals surface area contributed by atoms with Gasteiger partial charge in [0.15, 0.2) is 0 Å². The third-order valence-electron chi connectivity index (χ3n) is 2.17. The van der Waals surface area contributed by atoms with E-state index in [0.717, 1.165) is 21.6 Å². The number of nitrogen functional groups attached to an aromatic ring is 1. The summed E-state index contributed by atoms with van der Waals surface area (Å²) in [6.07, 6.45) is 0.975. The van der Waals surface area contributed by atoms with Crippen molar-refractivity contribution in [3.8, 4) is 0 Å². The summed E-state index contributed by atoms with van der Waals surface area (Å²) in [4.78, 5) is 16.4. The van der Waals surface area contributed by atoms with E-state index in [9.17, 15) is 9.18 Å². The molecular formula is C11H9BrFN3OS. The Kier molecular flexibility index (Phi) is 3.93. The Morgan fingerprint density at radius 1 is 1.56 bits per heavy atom. The number of nitrogens with zero attached hydrogens (tertiary/aromatic N) is 1. The Bertz CT molecular complexity index is 587. The summed E-state index contributed by atoms with van der Waals surface area (Å²) in [5, 5.41) is 4.58. The van der Waals surface area contributed by atoms with Crippen LogP contribution >= 0.6 is 27.3 Å². The Labute approximate surface area is 115 Å². The average molecular weight is 330 g/mol. The molecule has 18 heavy (non-hydrogen) atoms. The summed E-state index contributed by atoms with van der Waals surface area (Å²) in [5.74, 6) is -1.02. The number of carbonyl (C=O) groups excluding carboxylic acids is 1. The first-order valence-electron chi connectivity index (χ1n) is 4.98. The molecule has 4 nitrogen and oxygen atoms in total. The summed E-state index contributed by atoms with van der Waals surface area (Å²) < 4.78 is 13.9. The van der Waals surface area contributed by atoms with Crippen LogP contribution < -0.4 is 11.1 Å². The molecule has 0 spiro atoms. The van der Waals surface area contributed by atoms with Crippen LogP contribution in [0.25, 0.3) is 0 Å². The molecule has 3 N–H and O–H groups in total. The third-order valence-corrected chi connectivity index (χ3v) is 3.87. The topological polar surface area (TPSA) is 68.0 Å². The number of anilines is 1. The fraction of sp³-hybridized carbons (Fsp3) is 0.0909. The van der Waals surface area contributed by atoms with Gasteiger partial charge in [-0.05, 0) is 28.1 Å². The minimum atomic E-state index is -0.590. The van der Waals surface area contributed by atoms with Gasteiger partial charge in [-0.2, -0.15) is 0 Å². The number of hydrogen-bond donors (Lipinski definition) is 2. The van der Waals surface area contributed by atoms with Crippen molar-refractivity contribution < 1.29 is 9.18 Å². The van der Waals surface area contributed by atoms with E-state index in [4.69, 9.17) is 5.73 Å². The Balaban J connectivity index is 2.05. The second kappa shape index (κ2) is 5.45. The van der Waals surface area contributed by atoms with E-state index in [1.807, 2.05) is 11.4 Å². The van der Waals surface area contributed by atoms with Crippen LogP contribution in [0.15, 0.2) is 28.2 Å². The lowest BCUT2D eigenvalue weighted by atomic mass is 10.2. The number of nitrogens with one attached hydrogen (secondary N) is 1. The summed E-state index contributed by atoms with van der Waals surface area (Å²) in [7, 11) is 0. The second-order valence-electron chi connectivity index (χ2n) is 3.50. The molecule has 0 fully saturated rings. The summed E-state index contributed by atoms with van der Waals surface area (Å²) in [5.41, 5.74) is 5.57. The SMILES string of the molecule is Nc1ncc(F)cc1C(=O)NCc1cc(Br)cs1. The van der Waals surface area contributed by atoms with Gasteiger partial charge < -0.3 is 11.1 Å². The van der Waals surface area contributed by atoms with Gasteiger partial charge in [-0.3, -0.25) is 4.79 Å². The quantitative estimate of drug-likeness (QED) is 0.909. The van der Waals surface area contributed by atoms with Gasteiger partial charge in [0.25, 0.3) is 5.91 Å². The van der Waals surface area contributed by atoms with Gasteiger partial charge in [0.1, 0.15) is 11.6 Å². The lowest BCUT2D eigenvalue weighted by molar-refractivity contribution is 0.0951. The Morgan fingerprint density at radius 3 is 3.00 bits per heavy atom. The van der Waals surface area contributed by atoms with Crippen molar-refractivity contribution in [2.75, 3.05) is 5.73 Å². The molecule has 0 aromatic carbocycles. The standard InChI is InChI=1S/C11H9BrFN3OS/c12-6-1-8(18-5-6)4-16-11(17)9-2-7(13)3-15-10(9)14/h1-3,5H,4H2,(H2,14,15)(H,16,17). The van der Waals surface area contributed by atoms with Gasteiger partial charge in [-0.1, -0.05) is 0 Å². The Hall–Kier alpha value is -1.47. The maximum atomic E-state index is 13.0. The molecule has 0 aliphatic heterocycles. The van der Waals surface area contributed by atoms with E-state index >= 15 is 0 Å². The highest BCUT2D eigenvalue weighted by Gasteiger charge is 2.12. The maximum absolute atomic E-state index is 13.0. The molecule has 0 saturated carbocycles. The first-order valence-corrected chi connectivity index (χ1v) is 6.65. The highest BCUT2D eigenvalue weighted by molar-refractivity contribution is 9.10. The molecule has 0 bridgehead atoms. The van der Waals surface area contributed by atoms with Crippen LogP contribution in [0.3, 0.4) is 0 Å². The van der Waals surface area contributed by atoms with Crippen LogP contribution in [0.1, 0.15) is 15.2 Å². The van der Waals surface area contributed by atoms with Crippen LogP contribution in [0.2, 0.25) is 0 Å². The van der Waals surface area contributed by atoms with E-state index < -0.39 is 11.7 Å². The van der Waals surface area contributed by atoms with Gasteiger partial charge in [-0.25, -0.2) is 9.37 Å². The van der Waals surface area contributed by atoms with E-state index in [1.165, 1.54) is 11.3 Å². The molecular weight excluding hydrogens is 321 g/mol. The molecule has 2 aromatic heterocycles. The van der Waals surface area contributed by atoms with Crippen LogP contribution in [-0.4, -0.2) is 10.9 Å². The molecule has 0 saturated heterocycles. The fourth-order valence-electron chi connectivity index (χ4n) is 1.34. The highest BCUT2D eigenvalue weighted by Crippen LogP contribution is 2.19. The molecule has 0 aliphatic carbocycles. The van der Waals surface area contributed by atoms with Crippen molar-refractivity contribution in [1.82, 2.24) is 10.3 Å². The van der Waals surface area contributed by atoms with Crippen molar-refractivity contribution in [2.45, 2.75) is 6.54 Å². The maximum Gasteiger partial charge on any atom is 0.255 e. The third kappa shape index (κ3) is 3.05.